The summed E-state index contributed by atoms with van der Waals surface area (Å²) in [5, 5.41) is 2.23. The molecule has 2 saturated heterocycles. The van der Waals surface area contributed by atoms with E-state index in [0.29, 0.717) is 25.9 Å². The minimum Gasteiger partial charge on any atom is -0.376 e. The first-order valence-corrected chi connectivity index (χ1v) is 17.3. The van der Waals surface area contributed by atoms with Crippen molar-refractivity contribution in [3.05, 3.63) is 89.0 Å². The number of unbranched alkanes of at least 4 members (excludes halogenated alkanes) is 1. The molecule has 2 amide bonds. The summed E-state index contributed by atoms with van der Waals surface area (Å²) in [5.74, 6) is -0.499. The highest BCUT2D eigenvalue weighted by Gasteiger charge is 2.49. The van der Waals surface area contributed by atoms with Crippen molar-refractivity contribution in [3.8, 4) is 11.1 Å². The Morgan fingerprint density at radius 3 is 2.27 bits per heavy atom. The fourth-order valence-corrected chi connectivity index (χ4v) is 8.13. The summed E-state index contributed by atoms with van der Waals surface area (Å²) in [4.78, 5) is 33.7. The molecule has 3 aromatic carbocycles. The largest absolute Gasteiger partial charge is 0.405 e. The van der Waals surface area contributed by atoms with Gasteiger partial charge in [0.2, 0.25) is 5.91 Å². The summed E-state index contributed by atoms with van der Waals surface area (Å²) in [6, 6.07) is 21.5. The van der Waals surface area contributed by atoms with Gasteiger partial charge in [0, 0.05) is 57.1 Å². The summed E-state index contributed by atoms with van der Waals surface area (Å²) in [6.07, 6.45) is 0.848. The maximum absolute atomic E-state index is 13.7. The SMILES string of the molecule is O=C1c2cc(N3CCN(CCCCC4(C(=O)NCC(F)(F)F)c5ccccc5-c5ccccc54)CC3)ccc2CN1CC1CCCCO1. The number of carbonyl (C=O) groups is 2. The highest BCUT2D eigenvalue weighted by molar-refractivity contribution is 6.01. The van der Waals surface area contributed by atoms with Crippen LogP contribution in [0.3, 0.4) is 0 Å². The summed E-state index contributed by atoms with van der Waals surface area (Å²) in [5.41, 5.74) is 5.15. The standard InChI is InChI=1S/C38H43F3N4O3/c39-38(40,41)26-42-36(47)37(33-12-3-1-10-30(33)31-11-2-4-13-34(31)37)16-6-7-17-43-18-20-44(21-19-43)28-15-14-27-24-45(35(46)32(27)23-28)25-29-9-5-8-22-48-29/h1-4,10-15,23,29H,5-9,16-22,24-26H2,(H,42,47). The molecule has 1 aliphatic carbocycles. The molecule has 254 valence electrons. The molecule has 0 radical (unpaired) electrons. The van der Waals surface area contributed by atoms with Gasteiger partial charge >= 0.3 is 6.18 Å². The van der Waals surface area contributed by atoms with Crippen molar-refractivity contribution in [1.29, 1.82) is 0 Å². The van der Waals surface area contributed by atoms with Gasteiger partial charge in [-0.15, -0.1) is 0 Å². The van der Waals surface area contributed by atoms with Gasteiger partial charge in [0.25, 0.3) is 5.91 Å². The number of halogens is 3. The molecular weight excluding hydrogens is 617 g/mol. The van der Waals surface area contributed by atoms with E-state index in [1.54, 1.807) is 0 Å². The summed E-state index contributed by atoms with van der Waals surface area (Å²) < 4.78 is 45.5. The van der Waals surface area contributed by atoms with Crippen molar-refractivity contribution in [3.63, 3.8) is 0 Å². The molecular formula is C38H43F3N4O3. The summed E-state index contributed by atoms with van der Waals surface area (Å²) >= 11 is 0. The maximum Gasteiger partial charge on any atom is 0.405 e. The predicted octanol–water partition coefficient (Wildman–Crippen LogP) is 6.15. The van der Waals surface area contributed by atoms with E-state index in [9.17, 15) is 22.8 Å². The first-order valence-electron chi connectivity index (χ1n) is 17.3. The van der Waals surface area contributed by atoms with Gasteiger partial charge in [0.05, 0.1) is 6.10 Å². The number of fused-ring (bicyclic) bond motifs is 4. The van der Waals surface area contributed by atoms with Crippen LogP contribution in [0.15, 0.2) is 66.7 Å². The molecule has 0 saturated carbocycles. The second-order valence-electron chi connectivity index (χ2n) is 13.6. The van der Waals surface area contributed by atoms with Crippen LogP contribution in [0.2, 0.25) is 0 Å². The van der Waals surface area contributed by atoms with Crippen molar-refractivity contribution >= 4 is 17.5 Å². The summed E-state index contributed by atoms with van der Waals surface area (Å²) in [7, 11) is 0. The molecule has 4 aliphatic rings. The third kappa shape index (κ3) is 6.44. The zero-order chi connectivity index (χ0) is 33.3. The third-order valence-corrected chi connectivity index (χ3v) is 10.6. The van der Waals surface area contributed by atoms with Crippen LogP contribution in [0.5, 0.6) is 0 Å². The normalized spacial score (nSPS) is 20.4. The van der Waals surface area contributed by atoms with Crippen LogP contribution in [0, 0.1) is 0 Å². The van der Waals surface area contributed by atoms with Crippen LogP contribution in [-0.2, 0) is 21.5 Å². The Morgan fingerprint density at radius 1 is 0.896 bits per heavy atom. The predicted molar refractivity (Wildman–Crippen MR) is 179 cm³/mol. The average molecular weight is 661 g/mol. The van der Waals surface area contributed by atoms with Gasteiger partial charge in [-0.3, -0.25) is 14.5 Å². The molecule has 3 aliphatic heterocycles. The van der Waals surface area contributed by atoms with Crippen LogP contribution in [-0.4, -0.2) is 86.3 Å². The molecule has 1 atom stereocenters. The Balaban J connectivity index is 0.955. The van der Waals surface area contributed by atoms with Crippen LogP contribution in [0.25, 0.3) is 11.1 Å². The molecule has 48 heavy (non-hydrogen) atoms. The highest BCUT2D eigenvalue weighted by Crippen LogP contribution is 2.51. The van der Waals surface area contributed by atoms with E-state index < -0.39 is 24.0 Å². The lowest BCUT2D eigenvalue weighted by Crippen LogP contribution is -2.47. The van der Waals surface area contributed by atoms with E-state index in [0.717, 1.165) is 104 Å². The molecule has 7 nitrogen and oxygen atoms in total. The van der Waals surface area contributed by atoms with Crippen LogP contribution in [0.4, 0.5) is 18.9 Å². The van der Waals surface area contributed by atoms with E-state index in [-0.39, 0.29) is 12.0 Å². The number of rotatable bonds is 10. The number of nitrogens with zero attached hydrogens (tertiary/aromatic N) is 3. The van der Waals surface area contributed by atoms with E-state index >= 15 is 0 Å². The Labute approximate surface area is 280 Å². The second-order valence-corrected chi connectivity index (χ2v) is 13.6. The minimum atomic E-state index is -4.49. The van der Waals surface area contributed by atoms with Gasteiger partial charge in [-0.1, -0.05) is 61.0 Å². The van der Waals surface area contributed by atoms with Gasteiger partial charge in [0.1, 0.15) is 12.0 Å². The van der Waals surface area contributed by atoms with E-state index in [1.165, 1.54) is 0 Å². The van der Waals surface area contributed by atoms with E-state index in [4.69, 9.17) is 4.74 Å². The van der Waals surface area contributed by atoms with Crippen LogP contribution in [0.1, 0.15) is 65.6 Å². The molecule has 0 aromatic heterocycles. The van der Waals surface area contributed by atoms with Crippen LogP contribution < -0.4 is 10.2 Å². The van der Waals surface area contributed by atoms with Gasteiger partial charge in [-0.25, -0.2) is 0 Å². The number of hydrogen-bond donors (Lipinski definition) is 1. The fourth-order valence-electron chi connectivity index (χ4n) is 8.13. The van der Waals surface area contributed by atoms with E-state index in [1.807, 2.05) is 53.4 Å². The number of anilines is 1. The molecule has 7 rings (SSSR count). The quantitative estimate of drug-likeness (QED) is 0.265. The van der Waals surface area contributed by atoms with Crippen molar-refractivity contribution < 1.29 is 27.5 Å². The van der Waals surface area contributed by atoms with Gasteiger partial charge in [-0.2, -0.15) is 13.2 Å². The van der Waals surface area contributed by atoms with Gasteiger partial charge in [-0.05, 0) is 78.6 Å². The maximum atomic E-state index is 13.7. The number of ether oxygens (including phenoxy) is 1. The highest BCUT2D eigenvalue weighted by atomic mass is 19.4. The van der Waals surface area contributed by atoms with Crippen molar-refractivity contribution in [2.75, 3.05) is 57.3 Å². The lowest BCUT2D eigenvalue weighted by atomic mass is 9.73. The monoisotopic (exact) mass is 660 g/mol. The van der Waals surface area contributed by atoms with Gasteiger partial charge < -0.3 is 19.9 Å². The van der Waals surface area contributed by atoms with Crippen molar-refractivity contribution in [2.24, 2.45) is 0 Å². The number of piperazine rings is 1. The first kappa shape index (κ1) is 32.6. The first-order chi connectivity index (χ1) is 23.2. The fraction of sp³-hybridized carbons (Fsp3) is 0.474. The Bertz CT molecular complexity index is 1600. The molecule has 1 unspecified atom stereocenters. The van der Waals surface area contributed by atoms with Crippen LogP contribution >= 0.6 is 0 Å². The molecule has 1 N–H and O–H groups in total. The molecule has 0 bridgehead atoms. The molecule has 10 heteroatoms. The topological polar surface area (TPSA) is 65.1 Å². The molecule has 0 spiro atoms. The van der Waals surface area contributed by atoms with Crippen molar-refractivity contribution in [2.45, 2.75) is 62.8 Å². The zero-order valence-electron chi connectivity index (χ0n) is 27.2. The number of nitrogens with one attached hydrogen (secondary N) is 1. The molecule has 2 fully saturated rings. The molecule has 3 heterocycles. The lowest BCUT2D eigenvalue weighted by Gasteiger charge is -2.36. The number of alkyl halides is 3. The Kier molecular flexibility index (Phi) is 9.22. The number of hydrogen-bond acceptors (Lipinski definition) is 5. The zero-order valence-corrected chi connectivity index (χ0v) is 27.2. The lowest BCUT2D eigenvalue weighted by molar-refractivity contribution is -0.141. The number of carbonyl (C=O) groups excluding carboxylic acids is 2. The molecule has 3 aromatic rings. The van der Waals surface area contributed by atoms with E-state index in [2.05, 4.69) is 33.3 Å². The second kappa shape index (κ2) is 13.6. The minimum absolute atomic E-state index is 0.0945. The Morgan fingerprint density at radius 2 is 1.60 bits per heavy atom. The third-order valence-electron chi connectivity index (χ3n) is 10.6. The number of amides is 2. The Hall–Kier alpha value is -3.89. The van der Waals surface area contributed by atoms with Crippen molar-refractivity contribution in [1.82, 2.24) is 15.1 Å². The average Bonchev–Trinajstić information content (AvgIpc) is 3.57. The van der Waals surface area contributed by atoms with Gasteiger partial charge in [0.15, 0.2) is 0 Å². The number of benzene rings is 3. The smallest absolute Gasteiger partial charge is 0.376 e. The summed E-state index contributed by atoms with van der Waals surface area (Å²) in [6.45, 7) is 5.01.